The van der Waals surface area contributed by atoms with Crippen LogP contribution in [0.4, 0.5) is 0 Å². The van der Waals surface area contributed by atoms with Crippen molar-refractivity contribution >= 4 is 0 Å². The van der Waals surface area contributed by atoms with E-state index < -0.39 is 0 Å². The van der Waals surface area contributed by atoms with Gasteiger partial charge in [0.25, 0.3) is 0 Å². The second kappa shape index (κ2) is 5.46. The molecule has 3 heteroatoms. The van der Waals surface area contributed by atoms with Crippen molar-refractivity contribution in [2.75, 3.05) is 0 Å². The molecule has 0 fully saturated rings. The average Bonchev–Trinajstić information content (AvgIpc) is 2.40. The topological polar surface area (TPSA) is 48.1 Å². The zero-order chi connectivity index (χ0) is 12.1. The highest BCUT2D eigenvalue weighted by Crippen LogP contribution is 2.23. The molecule has 0 spiro atoms. The van der Waals surface area contributed by atoms with Gasteiger partial charge < -0.3 is 10.5 Å². The number of benzene rings is 1. The summed E-state index contributed by atoms with van der Waals surface area (Å²) in [5.41, 5.74) is 7.77. The van der Waals surface area contributed by atoms with Gasteiger partial charge in [0.1, 0.15) is 11.9 Å². The minimum Gasteiger partial charge on any atom is -0.484 e. The maximum absolute atomic E-state index is 5.88. The number of hydrogen-bond donors (Lipinski definition) is 1. The van der Waals surface area contributed by atoms with Crippen LogP contribution in [0.1, 0.15) is 24.2 Å². The van der Waals surface area contributed by atoms with Crippen molar-refractivity contribution in [1.29, 1.82) is 0 Å². The van der Waals surface area contributed by atoms with Gasteiger partial charge in [-0.05, 0) is 18.6 Å². The van der Waals surface area contributed by atoms with E-state index in [1.807, 2.05) is 43.3 Å². The van der Waals surface area contributed by atoms with Crippen LogP contribution in [0.15, 0.2) is 48.8 Å². The molecular formula is C14H16N2O. The fourth-order valence-electron chi connectivity index (χ4n) is 1.67. The van der Waals surface area contributed by atoms with Crippen molar-refractivity contribution in [1.82, 2.24) is 4.98 Å². The lowest BCUT2D eigenvalue weighted by Crippen LogP contribution is -2.07. The second-order valence-corrected chi connectivity index (χ2v) is 3.86. The molecule has 2 rings (SSSR count). The molecule has 0 saturated carbocycles. The first-order valence-electron chi connectivity index (χ1n) is 5.66. The number of nitrogens with zero attached hydrogens (tertiary/aromatic N) is 1. The first kappa shape index (κ1) is 11.6. The lowest BCUT2D eigenvalue weighted by molar-refractivity contribution is 0.223. The lowest BCUT2D eigenvalue weighted by Gasteiger charge is -2.16. The minimum absolute atomic E-state index is 0.00861. The van der Waals surface area contributed by atoms with E-state index in [-0.39, 0.29) is 6.10 Å². The fraction of sp³-hybridized carbons (Fsp3) is 0.214. The van der Waals surface area contributed by atoms with Crippen LogP contribution < -0.4 is 10.5 Å². The van der Waals surface area contributed by atoms with Crippen LogP contribution in [0, 0.1) is 0 Å². The predicted octanol–water partition coefficient (Wildman–Crippen LogP) is 2.68. The summed E-state index contributed by atoms with van der Waals surface area (Å²) in [6.45, 7) is 2.47. The van der Waals surface area contributed by atoms with Crippen molar-refractivity contribution in [3.8, 4) is 5.75 Å². The molecule has 88 valence electrons. The van der Waals surface area contributed by atoms with Gasteiger partial charge >= 0.3 is 0 Å². The highest BCUT2D eigenvalue weighted by Gasteiger charge is 2.09. The Hall–Kier alpha value is -1.87. The van der Waals surface area contributed by atoms with Gasteiger partial charge in [-0.2, -0.15) is 0 Å². The Balaban J connectivity index is 2.16. The van der Waals surface area contributed by atoms with Crippen molar-refractivity contribution in [3.63, 3.8) is 0 Å². The van der Waals surface area contributed by atoms with Crippen LogP contribution >= 0.6 is 0 Å². The van der Waals surface area contributed by atoms with Gasteiger partial charge in [0.2, 0.25) is 0 Å². The summed E-state index contributed by atoms with van der Waals surface area (Å²) in [6.07, 6.45) is 3.43. The molecule has 1 unspecified atom stereocenters. The molecule has 0 saturated heterocycles. The Labute approximate surface area is 101 Å². The highest BCUT2D eigenvalue weighted by atomic mass is 16.5. The smallest absolute Gasteiger partial charge is 0.142 e. The van der Waals surface area contributed by atoms with Gasteiger partial charge in [0, 0.05) is 18.3 Å². The standard InChI is InChI=1S/C14H16N2O/c1-11(12-5-3-2-4-6-12)17-14-10-16-8-7-13(14)9-15/h2-8,10-11H,9,15H2,1H3. The van der Waals surface area contributed by atoms with Crippen molar-refractivity contribution in [3.05, 3.63) is 59.9 Å². The van der Waals surface area contributed by atoms with Crippen LogP contribution in [0.3, 0.4) is 0 Å². The minimum atomic E-state index is -0.00861. The molecule has 3 nitrogen and oxygen atoms in total. The summed E-state index contributed by atoms with van der Waals surface area (Å²) in [4.78, 5) is 4.06. The van der Waals surface area contributed by atoms with Gasteiger partial charge in [-0.3, -0.25) is 4.98 Å². The Kier molecular flexibility index (Phi) is 3.73. The molecule has 0 aliphatic carbocycles. The Morgan fingerprint density at radius 1 is 1.24 bits per heavy atom. The zero-order valence-corrected chi connectivity index (χ0v) is 9.84. The van der Waals surface area contributed by atoms with Crippen LogP contribution in [0.25, 0.3) is 0 Å². The molecule has 0 bridgehead atoms. The summed E-state index contributed by atoms with van der Waals surface area (Å²) < 4.78 is 5.88. The van der Waals surface area contributed by atoms with E-state index in [4.69, 9.17) is 10.5 Å². The van der Waals surface area contributed by atoms with E-state index in [1.54, 1.807) is 12.4 Å². The predicted molar refractivity (Wildman–Crippen MR) is 67.6 cm³/mol. The second-order valence-electron chi connectivity index (χ2n) is 3.86. The van der Waals surface area contributed by atoms with Crippen molar-refractivity contribution < 1.29 is 4.74 Å². The normalized spacial score (nSPS) is 12.1. The van der Waals surface area contributed by atoms with Crippen LogP contribution in [0.5, 0.6) is 5.75 Å². The molecule has 0 radical (unpaired) electrons. The Morgan fingerprint density at radius 2 is 2.00 bits per heavy atom. The van der Waals surface area contributed by atoms with Gasteiger partial charge in [-0.25, -0.2) is 0 Å². The van der Waals surface area contributed by atoms with Gasteiger partial charge in [0.15, 0.2) is 0 Å². The number of ether oxygens (including phenoxy) is 1. The third-order valence-electron chi connectivity index (χ3n) is 2.66. The van der Waals surface area contributed by atoms with E-state index in [1.165, 1.54) is 0 Å². The van der Waals surface area contributed by atoms with Crippen molar-refractivity contribution in [2.24, 2.45) is 5.73 Å². The molecule has 17 heavy (non-hydrogen) atoms. The number of rotatable bonds is 4. The molecule has 2 aromatic rings. The van der Waals surface area contributed by atoms with E-state index >= 15 is 0 Å². The number of pyridine rings is 1. The van der Waals surface area contributed by atoms with Crippen LogP contribution in [-0.2, 0) is 6.54 Å². The van der Waals surface area contributed by atoms with E-state index in [0.29, 0.717) is 6.54 Å². The average molecular weight is 228 g/mol. The molecule has 1 heterocycles. The molecule has 0 aliphatic rings. The Bertz CT molecular complexity index is 471. The largest absolute Gasteiger partial charge is 0.484 e. The van der Waals surface area contributed by atoms with E-state index in [2.05, 4.69) is 4.98 Å². The summed E-state index contributed by atoms with van der Waals surface area (Å²) in [6, 6.07) is 12.0. The third kappa shape index (κ3) is 2.82. The third-order valence-corrected chi connectivity index (χ3v) is 2.66. The molecule has 1 atom stereocenters. The van der Waals surface area contributed by atoms with Crippen LogP contribution in [0.2, 0.25) is 0 Å². The number of nitrogens with two attached hydrogens (primary N) is 1. The van der Waals surface area contributed by atoms with Gasteiger partial charge in [-0.15, -0.1) is 0 Å². The first-order chi connectivity index (χ1) is 8.31. The summed E-state index contributed by atoms with van der Waals surface area (Å²) in [5.74, 6) is 0.756. The Morgan fingerprint density at radius 3 is 2.71 bits per heavy atom. The fourth-order valence-corrected chi connectivity index (χ4v) is 1.67. The lowest BCUT2D eigenvalue weighted by atomic mass is 10.1. The number of hydrogen-bond acceptors (Lipinski definition) is 3. The van der Waals surface area contributed by atoms with E-state index in [0.717, 1.165) is 16.9 Å². The summed E-state index contributed by atoms with van der Waals surface area (Å²) in [5, 5.41) is 0. The monoisotopic (exact) mass is 228 g/mol. The summed E-state index contributed by atoms with van der Waals surface area (Å²) >= 11 is 0. The molecule has 1 aromatic heterocycles. The van der Waals surface area contributed by atoms with Crippen molar-refractivity contribution in [2.45, 2.75) is 19.6 Å². The SMILES string of the molecule is CC(Oc1cnccc1CN)c1ccccc1. The maximum atomic E-state index is 5.88. The van der Waals surface area contributed by atoms with Crippen LogP contribution in [-0.4, -0.2) is 4.98 Å². The van der Waals surface area contributed by atoms with Gasteiger partial charge in [0.05, 0.1) is 6.20 Å². The molecular weight excluding hydrogens is 212 g/mol. The first-order valence-corrected chi connectivity index (χ1v) is 5.66. The highest BCUT2D eigenvalue weighted by molar-refractivity contribution is 5.30. The molecule has 1 aromatic carbocycles. The molecule has 2 N–H and O–H groups in total. The zero-order valence-electron chi connectivity index (χ0n) is 9.84. The van der Waals surface area contributed by atoms with E-state index in [9.17, 15) is 0 Å². The van der Waals surface area contributed by atoms with Gasteiger partial charge in [-0.1, -0.05) is 30.3 Å². The molecule has 0 amide bonds. The molecule has 0 aliphatic heterocycles. The quantitative estimate of drug-likeness (QED) is 0.875. The number of aromatic nitrogens is 1. The maximum Gasteiger partial charge on any atom is 0.142 e. The summed E-state index contributed by atoms with van der Waals surface area (Å²) in [7, 11) is 0.